The van der Waals surface area contributed by atoms with E-state index in [1.807, 2.05) is 0 Å². The van der Waals surface area contributed by atoms with Crippen molar-refractivity contribution in [3.63, 3.8) is 0 Å². The van der Waals surface area contributed by atoms with Crippen molar-refractivity contribution < 1.29 is 75.7 Å². The number of carbonyl (C=O) groups is 2. The van der Waals surface area contributed by atoms with Crippen molar-refractivity contribution in [1.82, 2.24) is 9.55 Å². The van der Waals surface area contributed by atoms with Gasteiger partial charge in [0.1, 0.15) is 24.1 Å². The van der Waals surface area contributed by atoms with E-state index in [2.05, 4.69) is 28.2 Å². The van der Waals surface area contributed by atoms with Crippen LogP contribution >= 0.6 is 23.5 Å². The average molecular weight is 597 g/mol. The molecule has 0 bridgehead atoms. The second kappa shape index (κ2) is 12.3. The molecule has 0 saturated carbocycles. The fourth-order valence-corrected chi connectivity index (χ4v) is 5.80. The highest BCUT2D eigenvalue weighted by atomic mass is 31.3. The largest absolute Gasteiger partial charge is 0.490 e. The lowest BCUT2D eigenvalue weighted by Crippen LogP contribution is -2.36. The number of hydrogen-bond acceptors (Lipinski definition) is 14. The highest BCUT2D eigenvalue weighted by Gasteiger charge is 2.46. The molecule has 0 radical (unpaired) electrons. The summed E-state index contributed by atoms with van der Waals surface area (Å²) in [5.41, 5.74) is -1.07. The Hall–Kier alpha value is -1.89. The zero-order valence-electron chi connectivity index (χ0n) is 18.5. The topological polar surface area (TPSA) is 300 Å². The number of aromatic nitrogens is 2. The maximum atomic E-state index is 12.3. The molecule has 7 N–H and O–H groups in total. The third kappa shape index (κ3) is 9.73. The summed E-state index contributed by atoms with van der Waals surface area (Å²) in [5, 5.41) is 22.6. The Kier molecular flexibility index (Phi) is 10.4. The van der Waals surface area contributed by atoms with E-state index in [1.54, 1.807) is 0 Å². The first-order valence-electron chi connectivity index (χ1n) is 9.69. The van der Waals surface area contributed by atoms with Crippen LogP contribution < -0.4 is 11.0 Å². The van der Waals surface area contributed by atoms with E-state index in [1.165, 1.54) is 0 Å². The van der Waals surface area contributed by atoms with Crippen LogP contribution in [-0.4, -0.2) is 83.2 Å². The third-order valence-corrected chi connectivity index (χ3v) is 8.11. The summed E-state index contributed by atoms with van der Waals surface area (Å²) in [5.74, 6) is -1.51. The molecule has 23 heteroatoms. The lowest BCUT2D eigenvalue weighted by atomic mass is 10.1. The number of carbonyl (C=O) groups excluding carboxylic acids is 2. The standard InChI is InChI=1S/C14H22N3O17P3/c1-30-10(19)3-2-9(18)15-8-4-5-17(14(22)16-8)13-12(21)11(20)7(32-13)6-31-36(26,27)34-37(28,29)33-35(23,24)25/h4-5,7,11-13,20-21H,2-3,6H2,1H3,(H,26,27)(H,28,29)(H2,23,24,25)(H,15,16,18,22)/t7-,11+,12?,13-/m1/s1. The van der Waals surface area contributed by atoms with Gasteiger partial charge in [-0.05, 0) is 6.07 Å². The Balaban J connectivity index is 2.02. The van der Waals surface area contributed by atoms with E-state index < -0.39 is 72.2 Å². The average Bonchev–Trinajstić information content (AvgIpc) is 3.02. The van der Waals surface area contributed by atoms with Crippen molar-refractivity contribution in [2.24, 2.45) is 0 Å². The number of aliphatic hydroxyl groups excluding tert-OH is 2. The normalized spacial score (nSPS) is 25.2. The number of phosphoric acid groups is 3. The molecule has 2 rings (SSSR count). The zero-order chi connectivity index (χ0) is 28.2. The molecule has 6 atom stereocenters. The molecule has 1 saturated heterocycles. The quantitative estimate of drug-likeness (QED) is 0.102. The van der Waals surface area contributed by atoms with Gasteiger partial charge < -0.3 is 44.6 Å². The Morgan fingerprint density at radius 2 is 1.73 bits per heavy atom. The molecule has 0 aliphatic carbocycles. The maximum absolute atomic E-state index is 12.3. The van der Waals surface area contributed by atoms with Gasteiger partial charge in [0.05, 0.1) is 20.1 Å². The minimum absolute atomic E-state index is 0.214. The van der Waals surface area contributed by atoms with Crippen LogP contribution in [0.5, 0.6) is 0 Å². The molecule has 3 unspecified atom stereocenters. The molecule has 1 fully saturated rings. The number of ether oxygens (including phenoxy) is 2. The molecule has 20 nitrogen and oxygen atoms in total. The zero-order valence-corrected chi connectivity index (χ0v) is 21.2. The number of nitrogens with one attached hydrogen (secondary N) is 1. The van der Waals surface area contributed by atoms with Crippen molar-refractivity contribution >= 4 is 41.2 Å². The van der Waals surface area contributed by atoms with Gasteiger partial charge in [-0.3, -0.25) is 18.7 Å². The maximum Gasteiger partial charge on any atom is 0.490 e. The fourth-order valence-electron chi connectivity index (χ4n) is 2.77. The molecule has 1 aromatic heterocycles. The number of anilines is 1. The third-order valence-electron chi connectivity index (χ3n) is 4.31. The summed E-state index contributed by atoms with van der Waals surface area (Å²) in [6.07, 6.45) is -6.37. The van der Waals surface area contributed by atoms with Gasteiger partial charge in [0.15, 0.2) is 6.23 Å². The van der Waals surface area contributed by atoms with Crippen LogP contribution in [0.1, 0.15) is 19.1 Å². The van der Waals surface area contributed by atoms with Gasteiger partial charge in [-0.2, -0.15) is 13.6 Å². The summed E-state index contributed by atoms with van der Waals surface area (Å²) in [7, 11) is -15.8. The highest BCUT2D eigenvalue weighted by molar-refractivity contribution is 7.66. The number of phosphoric ester groups is 1. The summed E-state index contributed by atoms with van der Waals surface area (Å²) >= 11 is 0. The van der Waals surface area contributed by atoms with Crippen molar-refractivity contribution in [2.75, 3.05) is 19.0 Å². The van der Waals surface area contributed by atoms with Gasteiger partial charge in [-0.25, -0.2) is 18.5 Å². The van der Waals surface area contributed by atoms with Gasteiger partial charge in [0.25, 0.3) is 0 Å². The number of esters is 1. The summed E-state index contributed by atoms with van der Waals surface area (Å²) in [4.78, 5) is 74.4. The number of nitrogens with zero attached hydrogens (tertiary/aromatic N) is 2. The molecule has 1 amide bonds. The van der Waals surface area contributed by atoms with Crippen LogP contribution in [0.2, 0.25) is 0 Å². The van der Waals surface area contributed by atoms with Crippen LogP contribution in [0, 0.1) is 0 Å². The monoisotopic (exact) mass is 597 g/mol. The molecular formula is C14H22N3O17P3. The highest BCUT2D eigenvalue weighted by Crippen LogP contribution is 2.66. The first-order chi connectivity index (χ1) is 16.9. The van der Waals surface area contributed by atoms with Gasteiger partial charge in [-0.1, -0.05) is 0 Å². The Morgan fingerprint density at radius 1 is 1.08 bits per heavy atom. The number of rotatable bonds is 12. The number of aliphatic hydroxyl groups is 2. The molecule has 1 aromatic rings. The van der Waals surface area contributed by atoms with Crippen molar-refractivity contribution in [3.05, 3.63) is 22.7 Å². The Labute approximate surface area is 206 Å². The summed E-state index contributed by atoms with van der Waals surface area (Å²) in [6, 6.07) is 1.12. The van der Waals surface area contributed by atoms with E-state index in [9.17, 15) is 43.2 Å². The van der Waals surface area contributed by atoms with E-state index in [0.29, 0.717) is 4.57 Å². The van der Waals surface area contributed by atoms with E-state index in [0.717, 1.165) is 19.4 Å². The molecule has 2 heterocycles. The minimum atomic E-state index is -5.78. The SMILES string of the molecule is COC(=O)CCC(=O)Nc1ccn([C@@H]2O[C@H](COP(=O)(O)OP(=O)(O)OP(=O)(O)O)[C@H](O)C2O)c(=O)n1. The van der Waals surface area contributed by atoms with Crippen LogP contribution in [0.25, 0.3) is 0 Å². The summed E-state index contributed by atoms with van der Waals surface area (Å²) < 4.78 is 55.6. The second-order valence-corrected chi connectivity index (χ2v) is 11.5. The summed E-state index contributed by atoms with van der Waals surface area (Å²) in [6.45, 7) is -1.09. The molecule has 37 heavy (non-hydrogen) atoms. The minimum Gasteiger partial charge on any atom is -0.469 e. The van der Waals surface area contributed by atoms with Gasteiger partial charge in [0.2, 0.25) is 5.91 Å². The lowest BCUT2D eigenvalue weighted by molar-refractivity contribution is -0.141. The first-order valence-corrected chi connectivity index (χ1v) is 14.2. The van der Waals surface area contributed by atoms with Gasteiger partial charge >= 0.3 is 35.1 Å². The van der Waals surface area contributed by atoms with Crippen LogP contribution in [0.15, 0.2) is 17.1 Å². The van der Waals surface area contributed by atoms with Gasteiger partial charge in [-0.15, -0.1) is 0 Å². The first kappa shape index (κ1) is 31.3. The van der Waals surface area contributed by atoms with Crippen LogP contribution in [-0.2, 0) is 45.9 Å². The van der Waals surface area contributed by atoms with Crippen molar-refractivity contribution in [1.29, 1.82) is 0 Å². The predicted octanol–water partition coefficient (Wildman–Crippen LogP) is -1.90. The molecule has 0 aromatic carbocycles. The van der Waals surface area contributed by atoms with E-state index in [-0.39, 0.29) is 18.7 Å². The van der Waals surface area contributed by atoms with Crippen LogP contribution in [0.4, 0.5) is 5.82 Å². The Morgan fingerprint density at radius 3 is 2.30 bits per heavy atom. The molecule has 0 spiro atoms. The van der Waals surface area contributed by atoms with Crippen molar-refractivity contribution in [2.45, 2.75) is 37.4 Å². The van der Waals surface area contributed by atoms with Gasteiger partial charge in [0, 0.05) is 12.6 Å². The number of amides is 1. The predicted molar refractivity (Wildman–Crippen MR) is 114 cm³/mol. The van der Waals surface area contributed by atoms with E-state index >= 15 is 0 Å². The fraction of sp³-hybridized carbons (Fsp3) is 0.571. The van der Waals surface area contributed by atoms with E-state index in [4.69, 9.17) is 19.4 Å². The molecule has 1 aliphatic heterocycles. The Bertz CT molecular complexity index is 1200. The molecule has 1 aliphatic rings. The number of methoxy groups -OCH3 is 1. The number of hydrogen-bond donors (Lipinski definition) is 7. The molecular weight excluding hydrogens is 575 g/mol. The lowest BCUT2D eigenvalue weighted by Gasteiger charge is -2.19. The van der Waals surface area contributed by atoms with Crippen LogP contribution in [0.3, 0.4) is 0 Å². The second-order valence-electron chi connectivity index (χ2n) is 7.06. The van der Waals surface area contributed by atoms with Crippen molar-refractivity contribution in [3.8, 4) is 0 Å². The molecule has 210 valence electrons. The smallest absolute Gasteiger partial charge is 0.469 e.